The fourth-order valence-corrected chi connectivity index (χ4v) is 2.16. The number of nitrogens with zero attached hydrogens (tertiary/aromatic N) is 2. The van der Waals surface area contributed by atoms with E-state index in [0.29, 0.717) is 6.04 Å². The van der Waals surface area contributed by atoms with Gasteiger partial charge in [-0.15, -0.1) is 0 Å². The Morgan fingerprint density at radius 3 is 2.65 bits per heavy atom. The molecule has 1 aromatic heterocycles. The maximum absolute atomic E-state index is 4.50. The molecule has 0 bridgehead atoms. The lowest BCUT2D eigenvalue weighted by molar-refractivity contribution is 0.863. The minimum atomic E-state index is 0.359. The molecule has 1 heterocycles. The van der Waals surface area contributed by atoms with E-state index in [1.807, 2.05) is 31.3 Å². The molecule has 2 rings (SSSR count). The van der Waals surface area contributed by atoms with Crippen molar-refractivity contribution in [1.29, 1.82) is 0 Å². The van der Waals surface area contributed by atoms with Gasteiger partial charge in [0.15, 0.2) is 0 Å². The molecular weight excluding hydrogens is 278 g/mol. The zero-order chi connectivity index (χ0) is 12.4. The first-order valence-corrected chi connectivity index (χ1v) is 6.44. The Hall–Kier alpha value is -1.29. The number of hydrogen-bond acceptors (Lipinski definition) is 2. The zero-order valence-electron chi connectivity index (χ0n) is 10.2. The van der Waals surface area contributed by atoms with Crippen LogP contribution in [0.5, 0.6) is 0 Å². The van der Waals surface area contributed by atoms with Crippen molar-refractivity contribution >= 4 is 21.9 Å². The molecule has 0 aliphatic heterocycles. The van der Waals surface area contributed by atoms with Crippen molar-refractivity contribution in [3.8, 4) is 5.69 Å². The Balaban J connectivity index is 2.48. The summed E-state index contributed by atoms with van der Waals surface area (Å²) < 4.78 is 3.13. The number of halogens is 1. The van der Waals surface area contributed by atoms with Gasteiger partial charge in [-0.3, -0.25) is 4.57 Å². The number of anilines is 1. The fraction of sp³-hybridized carbons (Fsp3) is 0.308. The van der Waals surface area contributed by atoms with Gasteiger partial charge < -0.3 is 5.32 Å². The first-order chi connectivity index (χ1) is 8.08. The topological polar surface area (TPSA) is 29.9 Å². The summed E-state index contributed by atoms with van der Waals surface area (Å²) in [5, 5.41) is 3.35. The lowest BCUT2D eigenvalue weighted by atomic mass is 10.3. The van der Waals surface area contributed by atoms with Crippen molar-refractivity contribution < 1.29 is 0 Å². The zero-order valence-corrected chi connectivity index (χ0v) is 11.8. The minimum absolute atomic E-state index is 0.359. The molecule has 0 atom stereocenters. The van der Waals surface area contributed by atoms with Gasteiger partial charge in [0.1, 0.15) is 0 Å². The molecule has 4 heteroatoms. The van der Waals surface area contributed by atoms with Crippen LogP contribution in [0.2, 0.25) is 0 Å². The number of aryl methyl sites for hydroxylation is 1. The van der Waals surface area contributed by atoms with E-state index in [2.05, 4.69) is 50.7 Å². The van der Waals surface area contributed by atoms with Crippen molar-refractivity contribution in [2.45, 2.75) is 26.8 Å². The Morgan fingerprint density at radius 2 is 2.00 bits per heavy atom. The molecule has 3 nitrogen and oxygen atoms in total. The lowest BCUT2D eigenvalue weighted by Crippen LogP contribution is -2.14. The SMILES string of the molecule is Cc1cn(-c2ccccc2Br)c(NC(C)C)n1. The summed E-state index contributed by atoms with van der Waals surface area (Å²) in [5.41, 5.74) is 2.10. The highest BCUT2D eigenvalue weighted by atomic mass is 79.9. The summed E-state index contributed by atoms with van der Waals surface area (Å²) in [5.74, 6) is 0.879. The quantitative estimate of drug-likeness (QED) is 0.934. The number of hydrogen-bond donors (Lipinski definition) is 1. The van der Waals surface area contributed by atoms with Crippen LogP contribution >= 0.6 is 15.9 Å². The van der Waals surface area contributed by atoms with E-state index in [1.54, 1.807) is 0 Å². The van der Waals surface area contributed by atoms with Crippen molar-refractivity contribution in [2.75, 3.05) is 5.32 Å². The van der Waals surface area contributed by atoms with Crippen LogP contribution in [0.25, 0.3) is 5.69 Å². The molecule has 0 saturated carbocycles. The highest BCUT2D eigenvalue weighted by Crippen LogP contribution is 2.24. The fourth-order valence-electron chi connectivity index (χ4n) is 1.69. The van der Waals surface area contributed by atoms with Gasteiger partial charge in [-0.25, -0.2) is 4.98 Å². The molecule has 0 fully saturated rings. The average molecular weight is 294 g/mol. The number of imidazole rings is 1. The maximum Gasteiger partial charge on any atom is 0.207 e. The summed E-state index contributed by atoms with van der Waals surface area (Å²) >= 11 is 3.57. The predicted octanol–water partition coefficient (Wildman–Crippen LogP) is 3.76. The third-order valence-electron chi connectivity index (χ3n) is 2.36. The molecular formula is C13H16BrN3. The molecule has 2 aromatic rings. The largest absolute Gasteiger partial charge is 0.353 e. The van der Waals surface area contributed by atoms with E-state index in [-0.39, 0.29) is 0 Å². The second kappa shape index (κ2) is 4.92. The molecule has 0 saturated heterocycles. The van der Waals surface area contributed by atoms with Crippen LogP contribution < -0.4 is 5.32 Å². The summed E-state index contributed by atoms with van der Waals surface area (Å²) in [7, 11) is 0. The predicted molar refractivity (Wildman–Crippen MR) is 74.8 cm³/mol. The average Bonchev–Trinajstić information content (AvgIpc) is 2.59. The van der Waals surface area contributed by atoms with E-state index >= 15 is 0 Å². The van der Waals surface area contributed by atoms with E-state index in [0.717, 1.165) is 21.8 Å². The number of benzene rings is 1. The summed E-state index contributed by atoms with van der Waals surface area (Å²) in [6.45, 7) is 6.21. The van der Waals surface area contributed by atoms with Gasteiger partial charge in [-0.2, -0.15) is 0 Å². The van der Waals surface area contributed by atoms with Crippen LogP contribution in [-0.2, 0) is 0 Å². The van der Waals surface area contributed by atoms with Crippen LogP contribution in [0.1, 0.15) is 19.5 Å². The van der Waals surface area contributed by atoms with Crippen molar-refractivity contribution in [3.05, 3.63) is 40.6 Å². The second-order valence-corrected chi connectivity index (χ2v) is 5.18. The number of nitrogens with one attached hydrogen (secondary N) is 1. The molecule has 0 aliphatic carbocycles. The van der Waals surface area contributed by atoms with E-state index < -0.39 is 0 Å². The molecule has 0 spiro atoms. The smallest absolute Gasteiger partial charge is 0.207 e. The number of aromatic nitrogens is 2. The van der Waals surface area contributed by atoms with E-state index in [4.69, 9.17) is 0 Å². The second-order valence-electron chi connectivity index (χ2n) is 4.33. The standard InChI is InChI=1S/C13H16BrN3/c1-9(2)15-13-16-10(3)8-17(13)12-7-5-4-6-11(12)14/h4-9H,1-3H3,(H,15,16). The van der Waals surface area contributed by atoms with Gasteiger partial charge in [0.2, 0.25) is 5.95 Å². The van der Waals surface area contributed by atoms with E-state index in [1.165, 1.54) is 0 Å². The van der Waals surface area contributed by atoms with Crippen LogP contribution in [-0.4, -0.2) is 15.6 Å². The van der Waals surface area contributed by atoms with Crippen molar-refractivity contribution in [2.24, 2.45) is 0 Å². The summed E-state index contributed by atoms with van der Waals surface area (Å²) in [6.07, 6.45) is 2.03. The Labute approximate surface area is 110 Å². The minimum Gasteiger partial charge on any atom is -0.353 e. The molecule has 1 N–H and O–H groups in total. The number of rotatable bonds is 3. The van der Waals surface area contributed by atoms with Gasteiger partial charge in [0, 0.05) is 16.7 Å². The van der Waals surface area contributed by atoms with Crippen LogP contribution in [0.4, 0.5) is 5.95 Å². The van der Waals surface area contributed by atoms with Gasteiger partial charge in [-0.1, -0.05) is 12.1 Å². The molecule has 1 aromatic carbocycles. The van der Waals surface area contributed by atoms with E-state index in [9.17, 15) is 0 Å². The summed E-state index contributed by atoms with van der Waals surface area (Å²) in [4.78, 5) is 4.50. The first-order valence-electron chi connectivity index (χ1n) is 5.65. The van der Waals surface area contributed by atoms with Gasteiger partial charge in [0.25, 0.3) is 0 Å². The van der Waals surface area contributed by atoms with Crippen LogP contribution in [0.15, 0.2) is 34.9 Å². The molecule has 0 amide bonds. The van der Waals surface area contributed by atoms with Gasteiger partial charge in [-0.05, 0) is 48.8 Å². The molecule has 0 aliphatic rings. The van der Waals surface area contributed by atoms with Crippen molar-refractivity contribution in [3.63, 3.8) is 0 Å². The Kier molecular flexibility index (Phi) is 3.52. The first kappa shape index (κ1) is 12.2. The monoisotopic (exact) mass is 293 g/mol. The highest BCUT2D eigenvalue weighted by Gasteiger charge is 2.10. The van der Waals surface area contributed by atoms with Crippen LogP contribution in [0, 0.1) is 6.92 Å². The third-order valence-corrected chi connectivity index (χ3v) is 3.03. The molecule has 0 unspecified atom stereocenters. The maximum atomic E-state index is 4.50. The summed E-state index contributed by atoms with van der Waals surface area (Å²) in [6, 6.07) is 8.49. The lowest BCUT2D eigenvalue weighted by Gasteiger charge is -2.13. The molecule has 90 valence electrons. The Morgan fingerprint density at radius 1 is 1.29 bits per heavy atom. The normalized spacial score (nSPS) is 10.9. The van der Waals surface area contributed by atoms with Crippen molar-refractivity contribution in [1.82, 2.24) is 9.55 Å². The Bertz CT molecular complexity index is 517. The highest BCUT2D eigenvalue weighted by molar-refractivity contribution is 9.10. The van der Waals surface area contributed by atoms with Gasteiger partial charge in [0.05, 0.1) is 11.4 Å². The molecule has 17 heavy (non-hydrogen) atoms. The number of para-hydroxylation sites is 1. The molecule has 0 radical (unpaired) electrons. The van der Waals surface area contributed by atoms with Crippen LogP contribution in [0.3, 0.4) is 0 Å². The third kappa shape index (κ3) is 2.69. The van der Waals surface area contributed by atoms with Gasteiger partial charge >= 0.3 is 0 Å².